The van der Waals surface area contributed by atoms with Gasteiger partial charge in [-0.2, -0.15) is 0 Å². The molecule has 0 atom stereocenters. The highest BCUT2D eigenvalue weighted by Crippen LogP contribution is 2.49. The molecule has 0 N–H and O–H groups in total. The Labute approximate surface area is 97.9 Å². The van der Waals surface area contributed by atoms with Gasteiger partial charge in [0, 0.05) is 9.99 Å². The largest absolute Gasteiger partial charge is 0.122 e. The summed E-state index contributed by atoms with van der Waals surface area (Å²) in [5, 5.41) is 1.17. The van der Waals surface area contributed by atoms with Crippen LogP contribution in [-0.2, 0) is 0 Å². The summed E-state index contributed by atoms with van der Waals surface area (Å²) in [7, 11) is 0. The van der Waals surface area contributed by atoms with Crippen molar-refractivity contribution in [2.24, 2.45) is 0 Å². The Morgan fingerprint density at radius 1 is 1.14 bits per heavy atom. The Bertz CT molecular complexity index is 351. The first kappa shape index (κ1) is 10.5. The number of benzene rings is 1. The molecule has 0 unspecified atom stereocenters. The van der Waals surface area contributed by atoms with E-state index in [1.807, 2.05) is 35.3 Å². The molecule has 0 spiro atoms. The van der Waals surface area contributed by atoms with Gasteiger partial charge in [-0.1, -0.05) is 29.8 Å². The van der Waals surface area contributed by atoms with Crippen LogP contribution in [0.3, 0.4) is 0 Å². The smallest absolute Gasteiger partial charge is 0.0549 e. The third kappa shape index (κ3) is 2.15. The Morgan fingerprint density at radius 3 is 2.50 bits per heavy atom. The van der Waals surface area contributed by atoms with Crippen LogP contribution < -0.4 is 0 Å². The first-order valence-corrected chi connectivity index (χ1v) is 7.62. The van der Waals surface area contributed by atoms with Crippen molar-refractivity contribution in [2.75, 3.05) is 11.3 Å². The van der Waals surface area contributed by atoms with Crippen molar-refractivity contribution in [3.05, 3.63) is 39.6 Å². The molecule has 0 fully saturated rings. The maximum absolute atomic E-state index is 2.22. The average Bonchev–Trinajstić information content (AvgIpc) is 2.67. The molecular weight excluding hydrogens is 228 g/mol. The second kappa shape index (κ2) is 4.69. The molecule has 0 aromatic heterocycles. The first-order valence-electron chi connectivity index (χ1n) is 4.42. The van der Waals surface area contributed by atoms with Gasteiger partial charge in [0.05, 0.1) is 4.24 Å². The summed E-state index contributed by atoms with van der Waals surface area (Å²) in [6, 6.07) is 8.81. The van der Waals surface area contributed by atoms with E-state index in [9.17, 15) is 0 Å². The summed E-state index contributed by atoms with van der Waals surface area (Å²) < 4.78 is 1.47. The standard InChI is InChI=1S/C11H12S3/c1-8-3-5-9(6-4-8)10-11(12-2)14-7-13-10/h3-6H,7H2,1-2H3. The predicted molar refractivity (Wildman–Crippen MR) is 71.7 cm³/mol. The molecule has 0 saturated carbocycles. The van der Waals surface area contributed by atoms with Crippen LogP contribution in [-0.4, -0.2) is 11.3 Å². The van der Waals surface area contributed by atoms with Gasteiger partial charge in [-0.25, -0.2) is 0 Å². The van der Waals surface area contributed by atoms with Gasteiger partial charge in [-0.3, -0.25) is 0 Å². The van der Waals surface area contributed by atoms with Crippen LogP contribution in [0.4, 0.5) is 0 Å². The van der Waals surface area contributed by atoms with Crippen LogP contribution in [0, 0.1) is 6.92 Å². The fourth-order valence-corrected chi connectivity index (χ4v) is 5.12. The Morgan fingerprint density at radius 2 is 1.86 bits per heavy atom. The van der Waals surface area contributed by atoms with Gasteiger partial charge in [-0.15, -0.1) is 35.3 Å². The molecule has 2 rings (SSSR count). The van der Waals surface area contributed by atoms with Crippen LogP contribution in [0.25, 0.3) is 4.91 Å². The first-order chi connectivity index (χ1) is 6.81. The van der Waals surface area contributed by atoms with Crippen LogP contribution in [0.1, 0.15) is 11.1 Å². The summed E-state index contributed by atoms with van der Waals surface area (Å²) in [5.41, 5.74) is 2.70. The van der Waals surface area contributed by atoms with Crippen molar-refractivity contribution in [1.29, 1.82) is 0 Å². The zero-order chi connectivity index (χ0) is 9.97. The van der Waals surface area contributed by atoms with Gasteiger partial charge >= 0.3 is 0 Å². The van der Waals surface area contributed by atoms with Gasteiger partial charge in [0.2, 0.25) is 0 Å². The molecular formula is C11H12S3. The van der Waals surface area contributed by atoms with E-state index in [1.54, 1.807) is 0 Å². The minimum absolute atomic E-state index is 1.17. The molecule has 74 valence electrons. The zero-order valence-electron chi connectivity index (χ0n) is 8.24. The van der Waals surface area contributed by atoms with Crippen LogP contribution in [0.15, 0.2) is 28.5 Å². The van der Waals surface area contributed by atoms with Crippen molar-refractivity contribution in [3.8, 4) is 0 Å². The monoisotopic (exact) mass is 240 g/mol. The summed E-state index contributed by atoms with van der Waals surface area (Å²) >= 11 is 5.77. The molecule has 0 amide bonds. The van der Waals surface area contributed by atoms with E-state index in [1.165, 1.54) is 25.4 Å². The lowest BCUT2D eigenvalue weighted by atomic mass is 10.1. The number of aryl methyl sites for hydroxylation is 1. The Balaban J connectivity index is 2.34. The normalized spacial score (nSPS) is 16.4. The average molecular weight is 240 g/mol. The highest BCUT2D eigenvalue weighted by molar-refractivity contribution is 8.33. The third-order valence-electron chi connectivity index (χ3n) is 2.08. The maximum Gasteiger partial charge on any atom is 0.0549 e. The highest BCUT2D eigenvalue weighted by atomic mass is 32.2. The lowest BCUT2D eigenvalue weighted by Gasteiger charge is -2.03. The fraction of sp³-hybridized carbons (Fsp3) is 0.273. The van der Waals surface area contributed by atoms with E-state index in [-0.39, 0.29) is 0 Å². The Hall–Kier alpha value is 0.01000. The Kier molecular flexibility index (Phi) is 3.52. The van der Waals surface area contributed by atoms with Gasteiger partial charge < -0.3 is 0 Å². The minimum atomic E-state index is 1.17. The zero-order valence-corrected chi connectivity index (χ0v) is 10.7. The number of hydrogen-bond acceptors (Lipinski definition) is 3. The molecule has 0 radical (unpaired) electrons. The molecule has 0 aliphatic carbocycles. The van der Waals surface area contributed by atoms with E-state index in [4.69, 9.17) is 0 Å². The quantitative estimate of drug-likeness (QED) is 0.751. The number of rotatable bonds is 2. The van der Waals surface area contributed by atoms with Crippen LogP contribution in [0.2, 0.25) is 0 Å². The molecule has 3 heteroatoms. The molecule has 1 heterocycles. The van der Waals surface area contributed by atoms with Gasteiger partial charge in [0.1, 0.15) is 0 Å². The fourth-order valence-electron chi connectivity index (χ4n) is 1.32. The molecule has 14 heavy (non-hydrogen) atoms. The van der Waals surface area contributed by atoms with Gasteiger partial charge in [-0.05, 0) is 18.7 Å². The second-order valence-electron chi connectivity index (χ2n) is 3.09. The van der Waals surface area contributed by atoms with Gasteiger partial charge in [0.15, 0.2) is 0 Å². The van der Waals surface area contributed by atoms with Crippen LogP contribution >= 0.6 is 35.3 Å². The van der Waals surface area contributed by atoms with Crippen molar-refractivity contribution < 1.29 is 0 Å². The molecule has 1 aromatic rings. The van der Waals surface area contributed by atoms with E-state index in [0.717, 1.165) is 0 Å². The SMILES string of the molecule is CSC1=C(c2ccc(C)cc2)SCS1. The minimum Gasteiger partial charge on any atom is -0.122 e. The lowest BCUT2D eigenvalue weighted by molar-refractivity contribution is 1.46. The van der Waals surface area contributed by atoms with Crippen molar-refractivity contribution in [1.82, 2.24) is 0 Å². The number of hydrogen-bond donors (Lipinski definition) is 0. The summed E-state index contributed by atoms with van der Waals surface area (Å²) in [5.74, 6) is 0. The molecule has 0 bridgehead atoms. The summed E-state index contributed by atoms with van der Waals surface area (Å²) in [6.07, 6.45) is 2.16. The van der Waals surface area contributed by atoms with Crippen molar-refractivity contribution in [2.45, 2.75) is 6.92 Å². The maximum atomic E-state index is 2.22. The molecule has 1 aliphatic heterocycles. The topological polar surface area (TPSA) is 0 Å². The predicted octanol–water partition coefficient (Wildman–Crippen LogP) is 4.42. The summed E-state index contributed by atoms with van der Waals surface area (Å²) in [6.45, 7) is 2.13. The molecule has 1 aliphatic rings. The molecule has 0 nitrogen and oxygen atoms in total. The number of thioether (sulfide) groups is 3. The highest BCUT2D eigenvalue weighted by Gasteiger charge is 2.16. The lowest BCUT2D eigenvalue weighted by Crippen LogP contribution is -1.79. The van der Waals surface area contributed by atoms with Crippen molar-refractivity contribution in [3.63, 3.8) is 0 Å². The summed E-state index contributed by atoms with van der Waals surface area (Å²) in [4.78, 5) is 1.46. The van der Waals surface area contributed by atoms with Gasteiger partial charge in [0.25, 0.3) is 0 Å². The van der Waals surface area contributed by atoms with E-state index >= 15 is 0 Å². The van der Waals surface area contributed by atoms with E-state index in [2.05, 4.69) is 37.4 Å². The second-order valence-corrected chi connectivity index (χ2v) is 6.50. The van der Waals surface area contributed by atoms with E-state index in [0.29, 0.717) is 0 Å². The molecule has 1 aromatic carbocycles. The third-order valence-corrected chi connectivity index (χ3v) is 5.90. The van der Waals surface area contributed by atoms with Crippen molar-refractivity contribution >= 4 is 40.2 Å². The molecule has 0 saturated heterocycles. The van der Waals surface area contributed by atoms with Crippen LogP contribution in [0.5, 0.6) is 0 Å². The van der Waals surface area contributed by atoms with E-state index < -0.39 is 0 Å².